The van der Waals surface area contributed by atoms with Crippen LogP contribution in [0.4, 0.5) is 0 Å². The summed E-state index contributed by atoms with van der Waals surface area (Å²) in [6, 6.07) is 11.3. The Hall–Kier alpha value is -1.12. The zero-order valence-electron chi connectivity index (χ0n) is 15.4. The van der Waals surface area contributed by atoms with Gasteiger partial charge in [0.15, 0.2) is 5.96 Å². The van der Waals surface area contributed by atoms with E-state index in [4.69, 9.17) is 0 Å². The number of likely N-dealkylation sites (N-methyl/N-ethyl adjacent to an activating group) is 1. The van der Waals surface area contributed by atoms with Crippen molar-refractivity contribution in [3.8, 4) is 0 Å². The summed E-state index contributed by atoms with van der Waals surface area (Å²) in [4.78, 5) is 9.24. The first kappa shape index (κ1) is 21.9. The van der Waals surface area contributed by atoms with Gasteiger partial charge in [0.05, 0.1) is 0 Å². The summed E-state index contributed by atoms with van der Waals surface area (Å²) < 4.78 is 0. The van der Waals surface area contributed by atoms with Gasteiger partial charge in [-0.25, -0.2) is 0 Å². The Labute approximate surface area is 169 Å². The lowest BCUT2D eigenvalue weighted by Crippen LogP contribution is -2.47. The number of hydrogen-bond donors (Lipinski definition) is 2. The number of guanidine groups is 1. The van der Waals surface area contributed by atoms with Gasteiger partial charge < -0.3 is 15.5 Å². The third-order valence-electron chi connectivity index (χ3n) is 4.43. The van der Waals surface area contributed by atoms with Gasteiger partial charge in [0.25, 0.3) is 0 Å². The fraction of sp³-hybridized carbons (Fsp3) is 0.526. The molecule has 1 saturated heterocycles. The van der Waals surface area contributed by atoms with E-state index in [0.29, 0.717) is 6.04 Å². The highest BCUT2D eigenvalue weighted by atomic mass is 127. The van der Waals surface area contributed by atoms with Crippen LogP contribution < -0.4 is 10.6 Å². The van der Waals surface area contributed by atoms with Crippen LogP contribution in [0.1, 0.15) is 18.0 Å². The summed E-state index contributed by atoms with van der Waals surface area (Å²) in [5.41, 5.74) is 1.42. The minimum atomic E-state index is 0. The standard InChI is InChI=1S/C19H31N5.HI/c1-4-11-21-19(20-2)22-12-8-13-24-15-14-23(3)16-18(24)17-9-6-5-7-10-17;/h4-7,9-10,18H,1,8,11-16H2,2-3H3,(H2,20,21,22);1H. The summed E-state index contributed by atoms with van der Waals surface area (Å²) >= 11 is 0. The van der Waals surface area contributed by atoms with Crippen molar-refractivity contribution >= 4 is 29.9 Å². The van der Waals surface area contributed by atoms with Gasteiger partial charge in [-0.2, -0.15) is 0 Å². The number of nitrogens with one attached hydrogen (secondary N) is 2. The monoisotopic (exact) mass is 457 g/mol. The predicted molar refractivity (Wildman–Crippen MR) is 118 cm³/mol. The maximum absolute atomic E-state index is 4.21. The normalized spacial score (nSPS) is 19.1. The SMILES string of the molecule is C=CCNC(=NC)NCCCN1CCN(C)CC1c1ccccc1.I. The molecule has 0 aromatic heterocycles. The van der Waals surface area contributed by atoms with Gasteiger partial charge in [0, 0.05) is 52.4 Å². The van der Waals surface area contributed by atoms with E-state index >= 15 is 0 Å². The summed E-state index contributed by atoms with van der Waals surface area (Å²) in [6.07, 6.45) is 2.93. The van der Waals surface area contributed by atoms with Crippen LogP contribution in [-0.2, 0) is 0 Å². The molecule has 1 atom stereocenters. The lowest BCUT2D eigenvalue weighted by atomic mass is 10.0. The molecular formula is C19H32IN5. The lowest BCUT2D eigenvalue weighted by Gasteiger charge is -2.40. The van der Waals surface area contributed by atoms with E-state index in [2.05, 4.69) is 69.4 Å². The lowest BCUT2D eigenvalue weighted by molar-refractivity contribution is 0.0891. The molecule has 1 aromatic carbocycles. The molecule has 1 aliphatic heterocycles. The Balaban J connectivity index is 0.00000312. The Morgan fingerprint density at radius 3 is 2.72 bits per heavy atom. The first-order valence-corrected chi connectivity index (χ1v) is 8.77. The molecule has 140 valence electrons. The van der Waals surface area contributed by atoms with Gasteiger partial charge in [-0.15, -0.1) is 30.6 Å². The highest BCUT2D eigenvalue weighted by molar-refractivity contribution is 14.0. The van der Waals surface area contributed by atoms with Crippen LogP contribution in [0.3, 0.4) is 0 Å². The van der Waals surface area contributed by atoms with Crippen molar-refractivity contribution in [2.24, 2.45) is 4.99 Å². The van der Waals surface area contributed by atoms with Crippen LogP contribution in [0, 0.1) is 0 Å². The number of nitrogens with zero attached hydrogens (tertiary/aromatic N) is 3. The largest absolute Gasteiger partial charge is 0.356 e. The van der Waals surface area contributed by atoms with E-state index in [9.17, 15) is 0 Å². The van der Waals surface area contributed by atoms with E-state index in [-0.39, 0.29) is 24.0 Å². The molecule has 0 spiro atoms. The first-order valence-electron chi connectivity index (χ1n) is 8.77. The van der Waals surface area contributed by atoms with E-state index in [0.717, 1.165) is 51.6 Å². The molecule has 0 radical (unpaired) electrons. The van der Waals surface area contributed by atoms with Gasteiger partial charge in [0.1, 0.15) is 0 Å². The highest BCUT2D eigenvalue weighted by Gasteiger charge is 2.25. The summed E-state index contributed by atoms with van der Waals surface area (Å²) in [6.45, 7) is 9.82. The van der Waals surface area contributed by atoms with Crippen LogP contribution in [0.15, 0.2) is 48.0 Å². The molecule has 25 heavy (non-hydrogen) atoms. The van der Waals surface area contributed by atoms with Crippen molar-refractivity contribution in [1.82, 2.24) is 20.4 Å². The summed E-state index contributed by atoms with van der Waals surface area (Å²) in [7, 11) is 4.01. The van der Waals surface area contributed by atoms with Crippen LogP contribution in [0.2, 0.25) is 0 Å². The smallest absolute Gasteiger partial charge is 0.191 e. The zero-order valence-corrected chi connectivity index (χ0v) is 17.8. The molecule has 1 aromatic rings. The van der Waals surface area contributed by atoms with Gasteiger partial charge in [-0.05, 0) is 19.0 Å². The van der Waals surface area contributed by atoms with Crippen molar-refractivity contribution in [3.63, 3.8) is 0 Å². The number of hydrogen-bond acceptors (Lipinski definition) is 3. The third-order valence-corrected chi connectivity index (χ3v) is 4.43. The molecule has 1 fully saturated rings. The summed E-state index contributed by atoms with van der Waals surface area (Å²) in [5, 5.41) is 6.56. The highest BCUT2D eigenvalue weighted by Crippen LogP contribution is 2.24. The Kier molecular flexibility index (Phi) is 10.8. The molecule has 5 nitrogen and oxygen atoms in total. The first-order chi connectivity index (χ1) is 11.7. The number of rotatable bonds is 7. The second-order valence-electron chi connectivity index (χ2n) is 6.25. The van der Waals surface area contributed by atoms with Crippen molar-refractivity contribution in [3.05, 3.63) is 48.6 Å². The zero-order chi connectivity index (χ0) is 17.2. The van der Waals surface area contributed by atoms with E-state index in [1.165, 1.54) is 5.56 Å². The number of benzene rings is 1. The van der Waals surface area contributed by atoms with Crippen molar-refractivity contribution < 1.29 is 0 Å². The molecule has 0 saturated carbocycles. The fourth-order valence-electron chi connectivity index (χ4n) is 3.09. The molecule has 1 aliphatic rings. The molecule has 2 N–H and O–H groups in total. The van der Waals surface area contributed by atoms with E-state index in [1.54, 1.807) is 7.05 Å². The molecule has 1 unspecified atom stereocenters. The number of halogens is 1. The number of aliphatic imine (C=N–C) groups is 1. The maximum Gasteiger partial charge on any atom is 0.191 e. The minimum Gasteiger partial charge on any atom is -0.356 e. The Morgan fingerprint density at radius 2 is 2.04 bits per heavy atom. The molecule has 0 amide bonds. The van der Waals surface area contributed by atoms with Gasteiger partial charge in [-0.1, -0.05) is 36.4 Å². The topological polar surface area (TPSA) is 42.9 Å². The second kappa shape index (κ2) is 12.3. The second-order valence-corrected chi connectivity index (χ2v) is 6.25. The van der Waals surface area contributed by atoms with Gasteiger partial charge >= 0.3 is 0 Å². The average Bonchev–Trinajstić information content (AvgIpc) is 2.63. The molecular weight excluding hydrogens is 425 g/mol. The predicted octanol–water partition coefficient (Wildman–Crippen LogP) is 2.33. The maximum atomic E-state index is 4.21. The Bertz CT molecular complexity index is 520. The van der Waals surface area contributed by atoms with Gasteiger partial charge in [-0.3, -0.25) is 9.89 Å². The molecule has 0 bridgehead atoms. The number of piperazine rings is 1. The van der Waals surface area contributed by atoms with Crippen LogP contribution in [0.5, 0.6) is 0 Å². The summed E-state index contributed by atoms with van der Waals surface area (Å²) in [5.74, 6) is 0.841. The third kappa shape index (κ3) is 7.33. The average molecular weight is 457 g/mol. The van der Waals surface area contributed by atoms with Crippen molar-refractivity contribution in [2.75, 3.05) is 53.4 Å². The van der Waals surface area contributed by atoms with E-state index in [1.807, 2.05) is 6.08 Å². The molecule has 0 aliphatic carbocycles. The van der Waals surface area contributed by atoms with Crippen LogP contribution in [-0.4, -0.2) is 69.1 Å². The molecule has 1 heterocycles. The van der Waals surface area contributed by atoms with Crippen LogP contribution in [0.25, 0.3) is 0 Å². The van der Waals surface area contributed by atoms with E-state index < -0.39 is 0 Å². The van der Waals surface area contributed by atoms with Crippen molar-refractivity contribution in [1.29, 1.82) is 0 Å². The fourth-order valence-corrected chi connectivity index (χ4v) is 3.09. The molecule has 2 rings (SSSR count). The van der Waals surface area contributed by atoms with Crippen LogP contribution >= 0.6 is 24.0 Å². The molecule has 6 heteroatoms. The quantitative estimate of drug-likeness (QED) is 0.217. The van der Waals surface area contributed by atoms with Crippen molar-refractivity contribution in [2.45, 2.75) is 12.5 Å². The van der Waals surface area contributed by atoms with Gasteiger partial charge in [0.2, 0.25) is 0 Å². The minimum absolute atomic E-state index is 0. The Morgan fingerprint density at radius 1 is 1.28 bits per heavy atom.